The number of nitrogens with two attached hydrogens (primary N) is 1. The summed E-state index contributed by atoms with van der Waals surface area (Å²) in [5.41, 5.74) is 4.46. The number of nitrogens with one attached hydrogen (secondary N) is 1. The van der Waals surface area contributed by atoms with Crippen LogP contribution in [0.1, 0.15) is 36.1 Å². The van der Waals surface area contributed by atoms with Crippen molar-refractivity contribution in [3.63, 3.8) is 0 Å². The first-order valence-electron chi connectivity index (χ1n) is 9.48. The maximum absolute atomic E-state index is 11.8. The van der Waals surface area contributed by atoms with E-state index in [2.05, 4.69) is 16.4 Å². The monoisotopic (exact) mass is 416 g/mol. The van der Waals surface area contributed by atoms with E-state index >= 15 is 0 Å². The number of rotatable bonds is 5. The average molecular weight is 417 g/mol. The lowest BCUT2D eigenvalue weighted by Crippen LogP contribution is -2.36. The molecule has 2 aromatic carbocycles. The number of amidine groups is 1. The van der Waals surface area contributed by atoms with Crippen molar-refractivity contribution in [3.8, 4) is 5.75 Å². The first-order valence-corrected chi connectivity index (χ1v) is 11.0. The van der Waals surface area contributed by atoms with Crippen molar-refractivity contribution in [2.45, 2.75) is 32.4 Å². The number of methoxy groups -OCH3 is 1. The highest BCUT2D eigenvalue weighted by Crippen LogP contribution is 2.38. The predicted octanol–water partition coefficient (Wildman–Crippen LogP) is 2.52. The number of ether oxygens (including phenoxy) is 2. The van der Waals surface area contributed by atoms with E-state index in [0.717, 1.165) is 39.7 Å². The molecule has 0 aromatic heterocycles. The van der Waals surface area contributed by atoms with Gasteiger partial charge in [0.05, 0.1) is 24.5 Å². The molecule has 0 bridgehead atoms. The molecule has 1 atom stereocenters. The molecule has 2 aromatic rings. The second kappa shape index (κ2) is 7.57. The van der Waals surface area contributed by atoms with Crippen LogP contribution in [0.4, 0.5) is 11.4 Å². The molecule has 1 unspecified atom stereocenters. The Kier molecular flexibility index (Phi) is 5.10. The number of benzene rings is 2. The molecule has 0 spiro atoms. The van der Waals surface area contributed by atoms with Gasteiger partial charge in [-0.2, -0.15) is 13.4 Å². The largest absolute Gasteiger partial charge is 0.496 e. The number of aliphatic imine (C=N–C) groups is 1. The zero-order valence-corrected chi connectivity index (χ0v) is 17.2. The SMILES string of the molecule is CCN(c1ccc2c(c1)COC(NC1CCc3cccc(OC)c31)=N2)S(N)(=O)=O. The highest BCUT2D eigenvalue weighted by Gasteiger charge is 2.28. The van der Waals surface area contributed by atoms with Crippen molar-refractivity contribution >= 4 is 27.6 Å². The van der Waals surface area contributed by atoms with Gasteiger partial charge in [0.1, 0.15) is 12.4 Å². The number of aryl methyl sites for hydroxylation is 1. The number of nitrogens with zero attached hydrogens (tertiary/aromatic N) is 2. The van der Waals surface area contributed by atoms with Gasteiger partial charge in [-0.15, -0.1) is 0 Å². The molecule has 4 rings (SSSR count). The van der Waals surface area contributed by atoms with E-state index in [-0.39, 0.29) is 12.6 Å². The van der Waals surface area contributed by atoms with Crippen LogP contribution >= 0.6 is 0 Å². The minimum absolute atomic E-state index is 0.0682. The van der Waals surface area contributed by atoms with Crippen LogP contribution in [0.3, 0.4) is 0 Å². The molecular weight excluding hydrogens is 392 g/mol. The fourth-order valence-electron chi connectivity index (χ4n) is 3.94. The summed E-state index contributed by atoms with van der Waals surface area (Å²) in [4.78, 5) is 4.57. The Morgan fingerprint density at radius 1 is 1.31 bits per heavy atom. The number of hydrogen-bond donors (Lipinski definition) is 2. The van der Waals surface area contributed by atoms with Crippen LogP contribution in [0.5, 0.6) is 5.75 Å². The van der Waals surface area contributed by atoms with Crippen LogP contribution in [-0.4, -0.2) is 28.1 Å². The highest BCUT2D eigenvalue weighted by molar-refractivity contribution is 7.90. The van der Waals surface area contributed by atoms with Gasteiger partial charge in [0, 0.05) is 17.7 Å². The molecule has 2 aliphatic rings. The van der Waals surface area contributed by atoms with Crippen molar-refractivity contribution in [1.29, 1.82) is 0 Å². The van der Waals surface area contributed by atoms with E-state index in [0.29, 0.717) is 18.3 Å². The van der Waals surface area contributed by atoms with Gasteiger partial charge in [-0.3, -0.25) is 4.31 Å². The average Bonchev–Trinajstić information content (AvgIpc) is 3.10. The minimum atomic E-state index is -3.82. The van der Waals surface area contributed by atoms with Gasteiger partial charge in [-0.25, -0.2) is 5.14 Å². The summed E-state index contributed by atoms with van der Waals surface area (Å²) in [5.74, 6) is 0.863. The standard InChI is InChI=1S/C20H24N4O4S/c1-3-24(29(21,25)26)15-8-10-16-14(11-15)12-28-20(22-16)23-17-9-7-13-5-4-6-18(27-2)19(13)17/h4-6,8,10-11,17H,3,7,9,12H2,1-2H3,(H,22,23)(H2,21,25,26). The Balaban J connectivity index is 1.57. The molecule has 29 heavy (non-hydrogen) atoms. The lowest BCUT2D eigenvalue weighted by atomic mass is 10.1. The Morgan fingerprint density at radius 3 is 2.86 bits per heavy atom. The quantitative estimate of drug-likeness (QED) is 0.779. The molecule has 0 saturated heterocycles. The fourth-order valence-corrected chi connectivity index (χ4v) is 4.71. The molecule has 8 nitrogen and oxygen atoms in total. The molecule has 0 amide bonds. The summed E-state index contributed by atoms with van der Waals surface area (Å²) >= 11 is 0. The van der Waals surface area contributed by atoms with E-state index in [1.807, 2.05) is 12.1 Å². The summed E-state index contributed by atoms with van der Waals surface area (Å²) in [5, 5.41) is 8.68. The van der Waals surface area contributed by atoms with Gasteiger partial charge in [0.25, 0.3) is 16.2 Å². The first kappa shape index (κ1) is 19.5. The first-order chi connectivity index (χ1) is 13.9. The third kappa shape index (κ3) is 3.75. The lowest BCUT2D eigenvalue weighted by molar-refractivity contribution is 0.265. The fraction of sp³-hybridized carbons (Fsp3) is 0.350. The zero-order chi connectivity index (χ0) is 20.6. The number of fused-ring (bicyclic) bond motifs is 2. The van der Waals surface area contributed by atoms with Crippen molar-refractivity contribution in [3.05, 3.63) is 53.1 Å². The molecule has 9 heteroatoms. The molecule has 0 saturated carbocycles. The second-order valence-corrected chi connectivity index (χ2v) is 8.47. The Hall–Kier alpha value is -2.78. The molecule has 1 aliphatic carbocycles. The smallest absolute Gasteiger partial charge is 0.298 e. The van der Waals surface area contributed by atoms with Crippen LogP contribution in [0, 0.1) is 0 Å². The van der Waals surface area contributed by atoms with Gasteiger partial charge in [0.15, 0.2) is 0 Å². The summed E-state index contributed by atoms with van der Waals surface area (Å²) in [6.07, 6.45) is 1.90. The molecule has 0 fully saturated rings. The van der Waals surface area contributed by atoms with E-state index in [9.17, 15) is 8.42 Å². The third-order valence-electron chi connectivity index (χ3n) is 5.26. The molecule has 154 valence electrons. The van der Waals surface area contributed by atoms with Crippen LogP contribution in [0.25, 0.3) is 0 Å². The maximum Gasteiger partial charge on any atom is 0.298 e. The second-order valence-electron chi connectivity index (χ2n) is 7.00. The van der Waals surface area contributed by atoms with Crippen LogP contribution in [0.15, 0.2) is 41.4 Å². The maximum atomic E-state index is 11.8. The van der Waals surface area contributed by atoms with Crippen molar-refractivity contribution < 1.29 is 17.9 Å². The van der Waals surface area contributed by atoms with E-state index < -0.39 is 10.2 Å². The van der Waals surface area contributed by atoms with Crippen LogP contribution in [0.2, 0.25) is 0 Å². The number of anilines is 1. The van der Waals surface area contributed by atoms with Gasteiger partial charge >= 0.3 is 0 Å². The Labute approximate surface area is 170 Å². The summed E-state index contributed by atoms with van der Waals surface area (Å²) in [6.45, 7) is 2.27. The minimum Gasteiger partial charge on any atom is -0.496 e. The van der Waals surface area contributed by atoms with Crippen LogP contribution < -0.4 is 19.5 Å². The number of hydrogen-bond acceptors (Lipinski definition) is 6. The van der Waals surface area contributed by atoms with E-state index in [1.54, 1.807) is 32.2 Å². The van der Waals surface area contributed by atoms with Crippen molar-refractivity contribution in [2.75, 3.05) is 18.0 Å². The van der Waals surface area contributed by atoms with Crippen molar-refractivity contribution in [1.82, 2.24) is 5.32 Å². The predicted molar refractivity (Wildman–Crippen MR) is 112 cm³/mol. The summed E-state index contributed by atoms with van der Waals surface area (Å²) < 4.78 is 36.0. The molecule has 1 aliphatic heterocycles. The Bertz CT molecular complexity index is 1070. The zero-order valence-electron chi connectivity index (χ0n) is 16.4. The third-order valence-corrected chi connectivity index (χ3v) is 6.34. The summed E-state index contributed by atoms with van der Waals surface area (Å²) in [6, 6.07) is 11.8. The van der Waals surface area contributed by atoms with E-state index in [1.165, 1.54) is 5.56 Å². The normalized spacial score (nSPS) is 17.6. The van der Waals surface area contributed by atoms with Gasteiger partial charge in [0.2, 0.25) is 0 Å². The van der Waals surface area contributed by atoms with Gasteiger partial charge in [-0.1, -0.05) is 12.1 Å². The molecule has 3 N–H and O–H groups in total. The van der Waals surface area contributed by atoms with Gasteiger partial charge < -0.3 is 14.8 Å². The van der Waals surface area contributed by atoms with Gasteiger partial charge in [-0.05, 0) is 49.6 Å². The molecular formula is C20H24N4O4S. The molecule has 0 radical (unpaired) electrons. The lowest BCUT2D eigenvalue weighted by Gasteiger charge is -2.24. The topological polar surface area (TPSA) is 106 Å². The highest BCUT2D eigenvalue weighted by atomic mass is 32.2. The summed E-state index contributed by atoms with van der Waals surface area (Å²) in [7, 11) is -2.15. The molecule has 1 heterocycles. The van der Waals surface area contributed by atoms with E-state index in [4.69, 9.17) is 14.6 Å². The van der Waals surface area contributed by atoms with Crippen molar-refractivity contribution in [2.24, 2.45) is 10.1 Å². The van der Waals surface area contributed by atoms with Crippen LogP contribution in [-0.2, 0) is 28.0 Å². The Morgan fingerprint density at radius 2 is 2.14 bits per heavy atom.